The Kier molecular flexibility index (Phi) is 2.98. The molecule has 1 aromatic heterocycles. The molecule has 2 atom stereocenters. The smallest absolute Gasteiger partial charge is 0.0651 e. The Balaban J connectivity index is 1.74. The Morgan fingerprint density at radius 1 is 1.17 bits per heavy atom. The number of rotatable bonds is 2. The monoisotopic (exact) mass is 243 g/mol. The number of benzene rings is 1. The largest absolute Gasteiger partial charge is 0.382 e. The Labute approximate surface area is 108 Å². The Morgan fingerprint density at radius 3 is 2.72 bits per heavy atom. The zero-order chi connectivity index (χ0) is 12.5. The number of anilines is 1. The van der Waals surface area contributed by atoms with Gasteiger partial charge in [0.15, 0.2) is 0 Å². The van der Waals surface area contributed by atoms with Gasteiger partial charge in [-0.25, -0.2) is 0 Å². The third-order valence-corrected chi connectivity index (χ3v) is 3.99. The molecule has 2 aromatic rings. The summed E-state index contributed by atoms with van der Waals surface area (Å²) in [7, 11) is 0. The topological polar surface area (TPSA) is 40.7 Å². The summed E-state index contributed by atoms with van der Waals surface area (Å²) >= 11 is 0. The minimum atomic E-state index is 0.619. The van der Waals surface area contributed by atoms with Crippen LogP contribution in [0.3, 0.4) is 0 Å². The highest BCUT2D eigenvalue weighted by molar-refractivity contribution is 5.81. The molecule has 3 heteroatoms. The van der Waals surface area contributed by atoms with Gasteiger partial charge in [0, 0.05) is 17.1 Å². The summed E-state index contributed by atoms with van der Waals surface area (Å²) in [5, 5.41) is 11.9. The van der Waals surface area contributed by atoms with Gasteiger partial charge in [-0.3, -0.25) is 5.10 Å². The van der Waals surface area contributed by atoms with E-state index in [1.54, 1.807) is 0 Å². The zero-order valence-corrected chi connectivity index (χ0v) is 11.1. The van der Waals surface area contributed by atoms with Gasteiger partial charge in [-0.15, -0.1) is 0 Å². The van der Waals surface area contributed by atoms with Gasteiger partial charge in [0.1, 0.15) is 0 Å². The number of aromatic amines is 1. The predicted octanol–water partition coefficient (Wildman–Crippen LogP) is 3.80. The van der Waals surface area contributed by atoms with Gasteiger partial charge in [-0.1, -0.05) is 13.8 Å². The second-order valence-electron chi connectivity index (χ2n) is 5.93. The second kappa shape index (κ2) is 4.63. The Bertz CT molecular complexity index is 521. The third kappa shape index (κ3) is 2.35. The molecule has 1 heterocycles. The van der Waals surface area contributed by atoms with Crippen LogP contribution in [0.2, 0.25) is 0 Å². The molecular weight excluding hydrogens is 222 g/mol. The van der Waals surface area contributed by atoms with Crippen molar-refractivity contribution in [2.75, 3.05) is 5.32 Å². The van der Waals surface area contributed by atoms with Gasteiger partial charge in [-0.05, 0) is 49.3 Å². The van der Waals surface area contributed by atoms with Crippen molar-refractivity contribution in [2.45, 2.75) is 39.2 Å². The molecule has 0 spiro atoms. The molecule has 3 rings (SSSR count). The van der Waals surface area contributed by atoms with Crippen LogP contribution in [0.15, 0.2) is 24.4 Å². The summed E-state index contributed by atoms with van der Waals surface area (Å²) < 4.78 is 0. The first-order valence-corrected chi connectivity index (χ1v) is 6.90. The SMILES string of the molecule is CC1CC(C)CC(Nc2ccc3[nH]ncc3c2)C1. The van der Waals surface area contributed by atoms with Crippen LogP contribution in [-0.4, -0.2) is 16.2 Å². The van der Waals surface area contributed by atoms with Gasteiger partial charge in [0.05, 0.1) is 11.7 Å². The van der Waals surface area contributed by atoms with Crippen molar-refractivity contribution >= 4 is 16.6 Å². The average molecular weight is 243 g/mol. The van der Waals surface area contributed by atoms with Gasteiger partial charge >= 0.3 is 0 Å². The van der Waals surface area contributed by atoms with E-state index in [0.717, 1.165) is 17.4 Å². The third-order valence-electron chi connectivity index (χ3n) is 3.99. The molecule has 1 saturated carbocycles. The van der Waals surface area contributed by atoms with Crippen LogP contribution >= 0.6 is 0 Å². The average Bonchev–Trinajstić information content (AvgIpc) is 2.74. The molecular formula is C15H21N3. The highest BCUT2D eigenvalue weighted by Crippen LogP contribution is 2.30. The minimum absolute atomic E-state index is 0.619. The molecule has 0 saturated heterocycles. The summed E-state index contributed by atoms with van der Waals surface area (Å²) in [4.78, 5) is 0. The summed E-state index contributed by atoms with van der Waals surface area (Å²) in [6, 6.07) is 7.04. The maximum atomic E-state index is 4.06. The molecule has 1 aromatic carbocycles. The molecule has 2 unspecified atom stereocenters. The van der Waals surface area contributed by atoms with Crippen molar-refractivity contribution in [1.82, 2.24) is 10.2 Å². The lowest BCUT2D eigenvalue weighted by atomic mass is 9.80. The lowest BCUT2D eigenvalue weighted by Gasteiger charge is -2.32. The fourth-order valence-electron chi connectivity index (χ4n) is 3.33. The summed E-state index contributed by atoms with van der Waals surface area (Å²) in [6.45, 7) is 4.73. The first kappa shape index (κ1) is 11.6. The molecule has 2 N–H and O–H groups in total. The van der Waals surface area contributed by atoms with Crippen molar-refractivity contribution in [3.05, 3.63) is 24.4 Å². The predicted molar refractivity (Wildman–Crippen MR) is 75.7 cm³/mol. The van der Waals surface area contributed by atoms with E-state index in [1.165, 1.54) is 30.3 Å². The standard InChI is InChI=1S/C15H21N3/c1-10-5-11(2)7-14(6-10)17-13-3-4-15-12(8-13)9-16-18-15/h3-4,8-11,14,17H,5-7H2,1-2H3,(H,16,18). The lowest BCUT2D eigenvalue weighted by molar-refractivity contribution is 0.281. The van der Waals surface area contributed by atoms with Gasteiger partial charge < -0.3 is 5.32 Å². The normalized spacial score (nSPS) is 28.4. The van der Waals surface area contributed by atoms with E-state index >= 15 is 0 Å². The number of hydrogen-bond donors (Lipinski definition) is 2. The van der Waals surface area contributed by atoms with E-state index in [2.05, 4.69) is 47.6 Å². The molecule has 0 amide bonds. The molecule has 0 aliphatic heterocycles. The Hall–Kier alpha value is -1.51. The minimum Gasteiger partial charge on any atom is -0.382 e. The molecule has 1 aliphatic rings. The quantitative estimate of drug-likeness (QED) is 0.842. The summed E-state index contributed by atoms with van der Waals surface area (Å²) in [5.41, 5.74) is 2.32. The molecule has 1 fully saturated rings. The maximum absolute atomic E-state index is 4.06. The van der Waals surface area contributed by atoms with E-state index < -0.39 is 0 Å². The number of hydrogen-bond acceptors (Lipinski definition) is 2. The van der Waals surface area contributed by atoms with Crippen molar-refractivity contribution in [3.63, 3.8) is 0 Å². The van der Waals surface area contributed by atoms with Gasteiger partial charge in [0.25, 0.3) is 0 Å². The van der Waals surface area contributed by atoms with Gasteiger partial charge in [-0.2, -0.15) is 5.10 Å². The fraction of sp³-hybridized carbons (Fsp3) is 0.533. The highest BCUT2D eigenvalue weighted by atomic mass is 15.1. The van der Waals surface area contributed by atoms with Crippen LogP contribution in [0.4, 0.5) is 5.69 Å². The van der Waals surface area contributed by atoms with Crippen molar-refractivity contribution in [1.29, 1.82) is 0 Å². The zero-order valence-electron chi connectivity index (χ0n) is 11.1. The van der Waals surface area contributed by atoms with Crippen LogP contribution < -0.4 is 5.32 Å². The van der Waals surface area contributed by atoms with Crippen molar-refractivity contribution in [2.24, 2.45) is 11.8 Å². The fourth-order valence-corrected chi connectivity index (χ4v) is 3.33. The molecule has 18 heavy (non-hydrogen) atoms. The second-order valence-corrected chi connectivity index (χ2v) is 5.93. The number of nitrogens with one attached hydrogen (secondary N) is 2. The van der Waals surface area contributed by atoms with Crippen LogP contribution in [0.25, 0.3) is 10.9 Å². The number of fused-ring (bicyclic) bond motifs is 1. The number of nitrogens with zero attached hydrogens (tertiary/aromatic N) is 1. The molecule has 0 bridgehead atoms. The van der Waals surface area contributed by atoms with E-state index in [1.807, 2.05) is 6.20 Å². The summed E-state index contributed by atoms with van der Waals surface area (Å²) in [5.74, 6) is 1.67. The molecule has 3 nitrogen and oxygen atoms in total. The van der Waals surface area contributed by atoms with Crippen LogP contribution in [0.1, 0.15) is 33.1 Å². The maximum Gasteiger partial charge on any atom is 0.0651 e. The molecule has 0 radical (unpaired) electrons. The van der Waals surface area contributed by atoms with Gasteiger partial charge in [0.2, 0.25) is 0 Å². The van der Waals surface area contributed by atoms with Crippen LogP contribution in [-0.2, 0) is 0 Å². The number of aromatic nitrogens is 2. The van der Waals surface area contributed by atoms with Crippen molar-refractivity contribution in [3.8, 4) is 0 Å². The van der Waals surface area contributed by atoms with E-state index in [0.29, 0.717) is 6.04 Å². The highest BCUT2D eigenvalue weighted by Gasteiger charge is 2.23. The van der Waals surface area contributed by atoms with E-state index in [4.69, 9.17) is 0 Å². The summed E-state index contributed by atoms with van der Waals surface area (Å²) in [6.07, 6.45) is 5.83. The van der Waals surface area contributed by atoms with Crippen LogP contribution in [0.5, 0.6) is 0 Å². The number of H-pyrrole nitrogens is 1. The lowest BCUT2D eigenvalue weighted by Crippen LogP contribution is -2.30. The Morgan fingerprint density at radius 2 is 1.94 bits per heavy atom. The van der Waals surface area contributed by atoms with Crippen LogP contribution in [0, 0.1) is 11.8 Å². The first-order chi connectivity index (χ1) is 8.70. The first-order valence-electron chi connectivity index (χ1n) is 6.90. The van der Waals surface area contributed by atoms with E-state index in [-0.39, 0.29) is 0 Å². The van der Waals surface area contributed by atoms with Crippen molar-refractivity contribution < 1.29 is 0 Å². The molecule has 1 aliphatic carbocycles. The van der Waals surface area contributed by atoms with E-state index in [9.17, 15) is 0 Å². The molecule has 96 valence electrons.